The van der Waals surface area contributed by atoms with Gasteiger partial charge < -0.3 is 0 Å². The zero-order valence-corrected chi connectivity index (χ0v) is 19.1. The molecule has 1 atom stereocenters. The van der Waals surface area contributed by atoms with Gasteiger partial charge in [0.25, 0.3) is 0 Å². The lowest BCUT2D eigenvalue weighted by atomic mass is 10.0. The van der Waals surface area contributed by atoms with Crippen LogP contribution in [0.1, 0.15) is 32.4 Å². The maximum atomic E-state index is 15.6. The molecular formula is C21H27F2NO3SSi. The quantitative estimate of drug-likeness (QED) is 0.620. The molecule has 4 nitrogen and oxygen atoms in total. The fourth-order valence-corrected chi connectivity index (χ4v) is 5.61. The molecular weight excluding hydrogens is 412 g/mol. The number of halogens is 2. The second kappa shape index (κ2) is 8.08. The van der Waals surface area contributed by atoms with Crippen molar-refractivity contribution in [2.45, 2.75) is 55.8 Å². The van der Waals surface area contributed by atoms with Crippen LogP contribution in [-0.4, -0.2) is 27.8 Å². The highest BCUT2D eigenvalue weighted by atomic mass is 32.2. The molecule has 0 spiro atoms. The maximum absolute atomic E-state index is 15.6. The van der Waals surface area contributed by atoms with Crippen LogP contribution in [0.15, 0.2) is 65.6 Å². The number of benzene rings is 2. The van der Waals surface area contributed by atoms with Crippen molar-refractivity contribution in [1.82, 2.24) is 4.72 Å². The summed E-state index contributed by atoms with van der Waals surface area (Å²) in [5, 5.41) is -1.80. The fraction of sp³-hybridized carbons (Fsp3) is 0.381. The normalized spacial score (nSPS) is 14.4. The lowest BCUT2D eigenvalue weighted by Crippen LogP contribution is -2.58. The minimum atomic E-state index is -4.27. The molecule has 0 radical (unpaired) electrons. The van der Waals surface area contributed by atoms with Crippen LogP contribution in [0, 0.1) is 0 Å². The first kappa shape index (κ1) is 23.4. The summed E-state index contributed by atoms with van der Waals surface area (Å²) in [5.74, 6) is -3.91. The molecule has 1 unspecified atom stereocenters. The standard InChI is InChI=1S/C21H27F2NO3SSi/c1-20(2,3)29(4,5)19(25)21(22,23)18(16-12-8-6-9-13-16)24-28(26,27)17-14-10-7-11-15-17/h6-15,18,24H,1-5H3. The molecule has 0 saturated heterocycles. The number of nitrogens with one attached hydrogen (secondary N) is 1. The molecule has 0 amide bonds. The summed E-state index contributed by atoms with van der Waals surface area (Å²) < 4.78 is 58.9. The van der Waals surface area contributed by atoms with Gasteiger partial charge >= 0.3 is 5.92 Å². The Morgan fingerprint density at radius 1 is 0.931 bits per heavy atom. The first-order valence-corrected chi connectivity index (χ1v) is 13.7. The minimum Gasteiger partial charge on any atom is -0.299 e. The van der Waals surface area contributed by atoms with E-state index in [1.807, 2.05) is 0 Å². The molecule has 1 N–H and O–H groups in total. The fourth-order valence-electron chi connectivity index (χ4n) is 2.71. The lowest BCUT2D eigenvalue weighted by molar-refractivity contribution is -0.139. The van der Waals surface area contributed by atoms with Crippen molar-refractivity contribution >= 4 is 23.5 Å². The van der Waals surface area contributed by atoms with Crippen LogP contribution >= 0.6 is 0 Å². The van der Waals surface area contributed by atoms with Crippen molar-refractivity contribution in [3.05, 3.63) is 66.2 Å². The second-order valence-corrected chi connectivity index (χ2v) is 15.5. The van der Waals surface area contributed by atoms with Crippen LogP contribution in [0.3, 0.4) is 0 Å². The van der Waals surface area contributed by atoms with E-state index in [0.717, 1.165) is 0 Å². The summed E-state index contributed by atoms with van der Waals surface area (Å²) in [6.45, 7) is 8.48. The van der Waals surface area contributed by atoms with E-state index in [1.54, 1.807) is 46.0 Å². The van der Waals surface area contributed by atoms with Crippen molar-refractivity contribution < 1.29 is 22.0 Å². The van der Waals surface area contributed by atoms with Crippen molar-refractivity contribution in [3.63, 3.8) is 0 Å². The van der Waals surface area contributed by atoms with Crippen LogP contribution in [0.25, 0.3) is 0 Å². The van der Waals surface area contributed by atoms with Crippen LogP contribution in [0.2, 0.25) is 18.1 Å². The molecule has 158 valence electrons. The van der Waals surface area contributed by atoms with Crippen LogP contribution in [0.4, 0.5) is 8.78 Å². The molecule has 0 bridgehead atoms. The van der Waals surface area contributed by atoms with E-state index in [9.17, 15) is 13.2 Å². The van der Waals surface area contributed by atoms with E-state index in [4.69, 9.17) is 0 Å². The average Bonchev–Trinajstić information content (AvgIpc) is 2.66. The molecule has 0 fully saturated rings. The Balaban J connectivity index is 2.56. The van der Waals surface area contributed by atoms with E-state index in [2.05, 4.69) is 4.72 Å². The predicted molar refractivity (Wildman–Crippen MR) is 113 cm³/mol. The summed E-state index contributed by atoms with van der Waals surface area (Å²) in [6.07, 6.45) is 0. The molecule has 0 aliphatic rings. The molecule has 0 saturated carbocycles. The van der Waals surface area contributed by atoms with Gasteiger partial charge in [-0.1, -0.05) is 82.4 Å². The number of carbonyl (C=O) groups is 1. The van der Waals surface area contributed by atoms with Crippen LogP contribution < -0.4 is 4.72 Å². The van der Waals surface area contributed by atoms with Gasteiger partial charge in [0, 0.05) is 0 Å². The van der Waals surface area contributed by atoms with E-state index < -0.39 is 40.5 Å². The third-order valence-electron chi connectivity index (χ3n) is 5.57. The number of carbonyl (C=O) groups excluding carboxylic acids is 1. The summed E-state index contributed by atoms with van der Waals surface area (Å²) in [6, 6.07) is 12.8. The van der Waals surface area contributed by atoms with Crippen molar-refractivity contribution in [2.24, 2.45) is 0 Å². The van der Waals surface area contributed by atoms with Crippen LogP contribution in [0.5, 0.6) is 0 Å². The summed E-state index contributed by atoms with van der Waals surface area (Å²) in [5.41, 5.74) is 0.0315. The van der Waals surface area contributed by atoms with Crippen molar-refractivity contribution in [2.75, 3.05) is 0 Å². The molecule has 0 aliphatic heterocycles. The number of rotatable bonds is 7. The topological polar surface area (TPSA) is 63.2 Å². The van der Waals surface area contributed by atoms with E-state index in [-0.39, 0.29) is 10.5 Å². The first-order chi connectivity index (χ1) is 13.2. The Kier molecular flexibility index (Phi) is 6.52. The molecule has 0 aromatic heterocycles. The van der Waals surface area contributed by atoms with Gasteiger partial charge in [0.2, 0.25) is 10.0 Å². The Hall–Kier alpha value is -1.90. The Morgan fingerprint density at radius 2 is 1.38 bits per heavy atom. The number of hydrogen-bond acceptors (Lipinski definition) is 3. The van der Waals surface area contributed by atoms with Crippen LogP contribution in [-0.2, 0) is 14.8 Å². The third-order valence-corrected chi connectivity index (χ3v) is 12.2. The van der Waals surface area contributed by atoms with Gasteiger partial charge in [-0.3, -0.25) is 4.79 Å². The van der Waals surface area contributed by atoms with Crippen molar-refractivity contribution in [1.29, 1.82) is 0 Å². The molecule has 0 aliphatic carbocycles. The van der Waals surface area contributed by atoms with Gasteiger partial charge in [-0.25, -0.2) is 8.42 Å². The second-order valence-electron chi connectivity index (χ2n) is 8.61. The number of hydrogen-bond donors (Lipinski definition) is 1. The molecule has 0 heterocycles. The van der Waals surface area contributed by atoms with Crippen molar-refractivity contribution in [3.8, 4) is 0 Å². The zero-order valence-electron chi connectivity index (χ0n) is 17.2. The molecule has 2 aromatic carbocycles. The zero-order chi connectivity index (χ0) is 22.1. The maximum Gasteiger partial charge on any atom is 0.320 e. The van der Waals surface area contributed by atoms with Gasteiger partial charge in [0.05, 0.1) is 4.90 Å². The van der Waals surface area contributed by atoms with Gasteiger partial charge in [-0.15, -0.1) is 0 Å². The number of alkyl halides is 2. The summed E-state index contributed by atoms with van der Waals surface area (Å²) >= 11 is 0. The van der Waals surface area contributed by atoms with E-state index in [1.165, 1.54) is 48.5 Å². The number of sulfonamides is 1. The van der Waals surface area contributed by atoms with Gasteiger partial charge in [0.1, 0.15) is 14.1 Å². The Bertz CT molecular complexity index is 956. The SMILES string of the molecule is CC(C)(C)[Si](C)(C)C(=O)C(F)(F)C(NS(=O)(=O)c1ccccc1)c1ccccc1. The highest BCUT2D eigenvalue weighted by Crippen LogP contribution is 2.43. The predicted octanol–water partition coefficient (Wildman–Crippen LogP) is 4.96. The summed E-state index contributed by atoms with van der Waals surface area (Å²) in [7, 11) is -7.39. The minimum absolute atomic E-state index is 0.0315. The Morgan fingerprint density at radius 3 is 1.83 bits per heavy atom. The van der Waals surface area contributed by atoms with Gasteiger partial charge in [-0.2, -0.15) is 13.5 Å². The Labute approximate surface area is 172 Å². The smallest absolute Gasteiger partial charge is 0.299 e. The van der Waals surface area contributed by atoms with E-state index >= 15 is 8.78 Å². The molecule has 2 aromatic rings. The summed E-state index contributed by atoms with van der Waals surface area (Å²) in [4.78, 5) is 12.9. The highest BCUT2D eigenvalue weighted by Gasteiger charge is 2.58. The molecule has 29 heavy (non-hydrogen) atoms. The first-order valence-electron chi connectivity index (χ1n) is 9.26. The lowest BCUT2D eigenvalue weighted by Gasteiger charge is -2.39. The monoisotopic (exact) mass is 439 g/mol. The van der Waals surface area contributed by atoms with Gasteiger partial charge in [0.15, 0.2) is 5.41 Å². The van der Waals surface area contributed by atoms with Gasteiger partial charge in [-0.05, 0) is 22.7 Å². The third kappa shape index (κ3) is 4.82. The highest BCUT2D eigenvalue weighted by molar-refractivity contribution is 7.89. The molecule has 2 rings (SSSR count). The largest absolute Gasteiger partial charge is 0.320 e. The van der Waals surface area contributed by atoms with E-state index in [0.29, 0.717) is 0 Å². The average molecular weight is 440 g/mol. The molecule has 8 heteroatoms.